The number of hydrogen-bond acceptors (Lipinski definition) is 4. The lowest BCUT2D eigenvalue weighted by molar-refractivity contribution is -0.141. The highest BCUT2D eigenvalue weighted by Crippen LogP contribution is 2.30. The summed E-state index contributed by atoms with van der Waals surface area (Å²) in [5, 5.41) is 6.03. The molecule has 2 rings (SSSR count). The SMILES string of the molecule is CC(Nc1nccn2nc(C(F)(F)F)cc12)C(N)=O. The fraction of sp³-hybridized carbons (Fsp3) is 0.300. The summed E-state index contributed by atoms with van der Waals surface area (Å²) in [6, 6.07) is 0.0891. The van der Waals surface area contributed by atoms with Crippen LogP contribution in [0.2, 0.25) is 0 Å². The first-order valence-corrected chi connectivity index (χ1v) is 5.26. The highest BCUT2D eigenvalue weighted by molar-refractivity contribution is 5.83. The minimum absolute atomic E-state index is 0.108. The lowest BCUT2D eigenvalue weighted by Gasteiger charge is -2.11. The topological polar surface area (TPSA) is 85.3 Å². The normalized spacial score (nSPS) is 13.5. The van der Waals surface area contributed by atoms with Crippen LogP contribution in [0.25, 0.3) is 5.52 Å². The Balaban J connectivity index is 2.45. The zero-order chi connectivity index (χ0) is 14.2. The third-order valence-electron chi connectivity index (χ3n) is 2.46. The van der Waals surface area contributed by atoms with Gasteiger partial charge in [0.2, 0.25) is 5.91 Å². The molecule has 0 fully saturated rings. The van der Waals surface area contributed by atoms with Crippen molar-refractivity contribution in [2.24, 2.45) is 5.73 Å². The van der Waals surface area contributed by atoms with Gasteiger partial charge in [0.1, 0.15) is 11.6 Å². The monoisotopic (exact) mass is 273 g/mol. The fourth-order valence-corrected chi connectivity index (χ4v) is 1.45. The van der Waals surface area contributed by atoms with E-state index in [-0.39, 0.29) is 11.3 Å². The minimum atomic E-state index is -4.54. The van der Waals surface area contributed by atoms with E-state index in [1.807, 2.05) is 0 Å². The van der Waals surface area contributed by atoms with E-state index in [9.17, 15) is 18.0 Å². The summed E-state index contributed by atoms with van der Waals surface area (Å²) in [5.41, 5.74) is 4.15. The first-order chi connectivity index (χ1) is 8.79. The van der Waals surface area contributed by atoms with E-state index in [1.165, 1.54) is 19.3 Å². The summed E-state index contributed by atoms with van der Waals surface area (Å²) >= 11 is 0. The molecule has 0 saturated heterocycles. The summed E-state index contributed by atoms with van der Waals surface area (Å²) in [4.78, 5) is 14.8. The zero-order valence-electron chi connectivity index (χ0n) is 9.77. The van der Waals surface area contributed by atoms with Crippen LogP contribution in [0.15, 0.2) is 18.5 Å². The minimum Gasteiger partial charge on any atom is -0.368 e. The van der Waals surface area contributed by atoms with Crippen LogP contribution >= 0.6 is 0 Å². The second-order valence-electron chi connectivity index (χ2n) is 3.90. The summed E-state index contributed by atoms with van der Waals surface area (Å²) in [6.45, 7) is 1.48. The Morgan fingerprint density at radius 2 is 2.21 bits per heavy atom. The van der Waals surface area contributed by atoms with Gasteiger partial charge >= 0.3 is 6.18 Å². The van der Waals surface area contributed by atoms with Crippen LogP contribution < -0.4 is 11.1 Å². The summed E-state index contributed by atoms with van der Waals surface area (Å²) in [5.74, 6) is -0.531. The van der Waals surface area contributed by atoms with Gasteiger partial charge in [0.25, 0.3) is 0 Å². The van der Waals surface area contributed by atoms with E-state index in [2.05, 4.69) is 15.4 Å². The average Bonchev–Trinajstić information content (AvgIpc) is 2.73. The molecule has 3 N–H and O–H groups in total. The number of hydrogen-bond donors (Lipinski definition) is 2. The van der Waals surface area contributed by atoms with E-state index in [0.717, 1.165) is 10.6 Å². The number of carbonyl (C=O) groups excluding carboxylic acids is 1. The van der Waals surface area contributed by atoms with Crippen molar-refractivity contribution in [1.29, 1.82) is 0 Å². The van der Waals surface area contributed by atoms with Gasteiger partial charge in [-0.3, -0.25) is 4.79 Å². The lowest BCUT2D eigenvalue weighted by Crippen LogP contribution is -2.32. The van der Waals surface area contributed by atoms with Crippen molar-refractivity contribution in [3.05, 3.63) is 24.2 Å². The highest BCUT2D eigenvalue weighted by Gasteiger charge is 2.34. The molecule has 0 aliphatic carbocycles. The van der Waals surface area contributed by atoms with Gasteiger partial charge in [0.15, 0.2) is 11.5 Å². The number of amides is 1. The maximum absolute atomic E-state index is 12.6. The average molecular weight is 273 g/mol. The van der Waals surface area contributed by atoms with Gasteiger partial charge in [-0.05, 0) is 6.92 Å². The maximum Gasteiger partial charge on any atom is 0.435 e. The van der Waals surface area contributed by atoms with Gasteiger partial charge in [-0.1, -0.05) is 0 Å². The molecular formula is C10H10F3N5O. The van der Waals surface area contributed by atoms with Gasteiger partial charge in [-0.2, -0.15) is 18.3 Å². The van der Waals surface area contributed by atoms with Crippen LogP contribution in [0.3, 0.4) is 0 Å². The Hall–Kier alpha value is -2.32. The van der Waals surface area contributed by atoms with Crippen molar-refractivity contribution in [3.8, 4) is 0 Å². The molecule has 0 aliphatic rings. The largest absolute Gasteiger partial charge is 0.435 e. The van der Waals surface area contributed by atoms with Crippen LogP contribution in [0, 0.1) is 0 Å². The summed E-state index contributed by atoms with van der Waals surface area (Å²) in [7, 11) is 0. The number of nitrogens with zero attached hydrogens (tertiary/aromatic N) is 3. The molecule has 0 saturated carbocycles. The third-order valence-corrected chi connectivity index (χ3v) is 2.46. The number of alkyl halides is 3. The van der Waals surface area contributed by atoms with E-state index in [4.69, 9.17) is 5.73 Å². The number of primary amides is 1. The van der Waals surface area contributed by atoms with E-state index < -0.39 is 23.8 Å². The van der Waals surface area contributed by atoms with E-state index in [1.54, 1.807) is 0 Å². The molecule has 1 unspecified atom stereocenters. The quantitative estimate of drug-likeness (QED) is 0.874. The van der Waals surface area contributed by atoms with Gasteiger partial charge in [0, 0.05) is 18.5 Å². The van der Waals surface area contributed by atoms with E-state index in [0.29, 0.717) is 0 Å². The van der Waals surface area contributed by atoms with Crippen LogP contribution in [0.1, 0.15) is 12.6 Å². The molecule has 9 heteroatoms. The highest BCUT2D eigenvalue weighted by atomic mass is 19.4. The predicted molar refractivity (Wildman–Crippen MR) is 60.3 cm³/mol. The molecule has 1 atom stereocenters. The number of aromatic nitrogens is 3. The molecule has 1 amide bonds. The van der Waals surface area contributed by atoms with Crippen molar-refractivity contribution in [3.63, 3.8) is 0 Å². The van der Waals surface area contributed by atoms with Crippen molar-refractivity contribution in [2.75, 3.05) is 5.32 Å². The number of rotatable bonds is 3. The van der Waals surface area contributed by atoms with Crippen molar-refractivity contribution in [2.45, 2.75) is 19.1 Å². The van der Waals surface area contributed by atoms with Crippen LogP contribution in [0.5, 0.6) is 0 Å². The molecule has 0 spiro atoms. The fourth-order valence-electron chi connectivity index (χ4n) is 1.45. The molecular weight excluding hydrogens is 263 g/mol. The second kappa shape index (κ2) is 4.41. The summed E-state index contributed by atoms with van der Waals surface area (Å²) in [6.07, 6.45) is -1.99. The Morgan fingerprint density at radius 1 is 1.53 bits per heavy atom. The van der Waals surface area contributed by atoms with Crippen molar-refractivity contribution >= 4 is 17.2 Å². The summed E-state index contributed by atoms with van der Waals surface area (Å²) < 4.78 is 38.7. The van der Waals surface area contributed by atoms with Crippen molar-refractivity contribution < 1.29 is 18.0 Å². The Kier molecular flexibility index (Phi) is 3.05. The number of fused-ring (bicyclic) bond motifs is 1. The zero-order valence-corrected chi connectivity index (χ0v) is 9.77. The Morgan fingerprint density at radius 3 is 2.79 bits per heavy atom. The molecule has 0 aliphatic heterocycles. The first kappa shape index (κ1) is 13.1. The van der Waals surface area contributed by atoms with Crippen LogP contribution in [-0.4, -0.2) is 26.5 Å². The first-order valence-electron chi connectivity index (χ1n) is 5.26. The van der Waals surface area contributed by atoms with Gasteiger partial charge in [-0.25, -0.2) is 9.50 Å². The molecule has 2 aromatic heterocycles. The number of nitrogens with two attached hydrogens (primary N) is 1. The Bertz CT molecular complexity index is 621. The third kappa shape index (κ3) is 2.59. The lowest BCUT2D eigenvalue weighted by atomic mass is 10.3. The molecule has 2 heterocycles. The molecule has 102 valence electrons. The molecule has 0 bridgehead atoms. The standard InChI is InChI=1S/C10H10F3N5O/c1-5(8(14)19)16-9-6-4-7(10(11,12)13)17-18(6)3-2-15-9/h2-5H,1H3,(H2,14,19)(H,15,16). The smallest absolute Gasteiger partial charge is 0.368 e. The Labute approximate surface area is 105 Å². The number of anilines is 1. The maximum atomic E-state index is 12.6. The molecule has 0 aromatic carbocycles. The van der Waals surface area contributed by atoms with Gasteiger partial charge in [-0.15, -0.1) is 0 Å². The molecule has 6 nitrogen and oxygen atoms in total. The van der Waals surface area contributed by atoms with Gasteiger partial charge in [0.05, 0.1) is 0 Å². The van der Waals surface area contributed by atoms with Gasteiger partial charge < -0.3 is 11.1 Å². The number of nitrogens with one attached hydrogen (secondary N) is 1. The predicted octanol–water partition coefficient (Wildman–Crippen LogP) is 1.03. The van der Waals surface area contributed by atoms with Crippen LogP contribution in [-0.2, 0) is 11.0 Å². The number of halogens is 3. The number of carbonyl (C=O) groups is 1. The molecule has 19 heavy (non-hydrogen) atoms. The van der Waals surface area contributed by atoms with E-state index >= 15 is 0 Å². The van der Waals surface area contributed by atoms with Crippen molar-refractivity contribution in [1.82, 2.24) is 14.6 Å². The van der Waals surface area contributed by atoms with Crippen LogP contribution in [0.4, 0.5) is 19.0 Å². The molecule has 0 radical (unpaired) electrons. The second-order valence-corrected chi connectivity index (χ2v) is 3.90. The molecule has 2 aromatic rings.